The standard InChI is InChI=1S/C12H14N2O2/c1-3-14-11(15)7(2)9-5-4-8(13)6-10(9)12(14)16/h4-7H,3,13H2,1-2H3. The van der Waals surface area contributed by atoms with Gasteiger partial charge in [-0.2, -0.15) is 0 Å². The molecule has 4 nitrogen and oxygen atoms in total. The van der Waals surface area contributed by atoms with E-state index in [0.29, 0.717) is 17.8 Å². The summed E-state index contributed by atoms with van der Waals surface area (Å²) in [5.41, 5.74) is 7.52. The smallest absolute Gasteiger partial charge is 0.260 e. The third-order valence-electron chi connectivity index (χ3n) is 2.97. The molecule has 0 spiro atoms. The normalized spacial score (nSPS) is 19.9. The maximum Gasteiger partial charge on any atom is 0.260 e. The predicted octanol–water partition coefficient (Wildman–Crippen LogP) is 1.37. The number of likely N-dealkylation sites (N-methyl/N-ethyl adjacent to an activating group) is 1. The van der Waals surface area contributed by atoms with Crippen LogP contribution in [0, 0.1) is 0 Å². The van der Waals surface area contributed by atoms with Gasteiger partial charge in [0.05, 0.1) is 5.92 Å². The number of rotatable bonds is 1. The fraction of sp³-hybridized carbons (Fsp3) is 0.333. The Labute approximate surface area is 94.0 Å². The minimum absolute atomic E-state index is 0.134. The number of nitrogens with two attached hydrogens (primary N) is 1. The molecule has 0 radical (unpaired) electrons. The van der Waals surface area contributed by atoms with Gasteiger partial charge in [-0.15, -0.1) is 0 Å². The highest BCUT2D eigenvalue weighted by Gasteiger charge is 2.35. The number of carbonyl (C=O) groups excluding carboxylic acids is 2. The molecule has 0 aliphatic carbocycles. The molecule has 0 saturated heterocycles. The van der Waals surface area contributed by atoms with Crippen LogP contribution in [0.2, 0.25) is 0 Å². The van der Waals surface area contributed by atoms with Crippen molar-refractivity contribution in [2.45, 2.75) is 19.8 Å². The number of fused-ring (bicyclic) bond motifs is 1. The van der Waals surface area contributed by atoms with Crippen molar-refractivity contribution in [3.05, 3.63) is 29.3 Å². The number of benzene rings is 1. The summed E-state index contributed by atoms with van der Waals surface area (Å²) in [5, 5.41) is 0. The number of hydrogen-bond acceptors (Lipinski definition) is 3. The molecule has 0 fully saturated rings. The zero-order valence-corrected chi connectivity index (χ0v) is 9.36. The number of nitrogens with zero attached hydrogens (tertiary/aromatic N) is 1. The molecule has 84 valence electrons. The van der Waals surface area contributed by atoms with E-state index in [1.165, 1.54) is 4.90 Å². The Bertz CT molecular complexity index is 468. The van der Waals surface area contributed by atoms with E-state index >= 15 is 0 Å². The number of hydrogen-bond donors (Lipinski definition) is 1. The highest BCUT2D eigenvalue weighted by atomic mass is 16.2. The molecule has 16 heavy (non-hydrogen) atoms. The molecule has 1 atom stereocenters. The molecule has 2 rings (SSSR count). The van der Waals surface area contributed by atoms with E-state index in [4.69, 9.17) is 5.73 Å². The largest absolute Gasteiger partial charge is 0.399 e. The zero-order chi connectivity index (χ0) is 11.9. The Morgan fingerprint density at radius 3 is 2.69 bits per heavy atom. The van der Waals surface area contributed by atoms with Crippen LogP contribution in [0.5, 0.6) is 0 Å². The molecule has 1 aliphatic heterocycles. The summed E-state index contributed by atoms with van der Waals surface area (Å²) >= 11 is 0. The molecular weight excluding hydrogens is 204 g/mol. The topological polar surface area (TPSA) is 63.4 Å². The second-order valence-electron chi connectivity index (χ2n) is 3.96. The first kappa shape index (κ1) is 10.7. The molecule has 1 aliphatic rings. The van der Waals surface area contributed by atoms with E-state index in [0.717, 1.165) is 5.56 Å². The zero-order valence-electron chi connectivity index (χ0n) is 9.36. The van der Waals surface area contributed by atoms with E-state index < -0.39 is 0 Å². The molecule has 2 N–H and O–H groups in total. The third kappa shape index (κ3) is 1.38. The van der Waals surface area contributed by atoms with E-state index in [1.807, 2.05) is 6.92 Å². The number of imide groups is 1. The van der Waals surface area contributed by atoms with Crippen LogP contribution in [0.4, 0.5) is 5.69 Å². The molecule has 0 saturated carbocycles. The Morgan fingerprint density at radius 2 is 2.06 bits per heavy atom. The van der Waals surface area contributed by atoms with Crippen molar-refractivity contribution in [1.29, 1.82) is 0 Å². The molecule has 0 bridgehead atoms. The first-order chi connectivity index (χ1) is 7.56. The van der Waals surface area contributed by atoms with Gasteiger partial charge in [-0.1, -0.05) is 6.07 Å². The van der Waals surface area contributed by atoms with Crippen molar-refractivity contribution in [3.63, 3.8) is 0 Å². The van der Waals surface area contributed by atoms with Gasteiger partial charge in [0.15, 0.2) is 0 Å². The van der Waals surface area contributed by atoms with Gasteiger partial charge < -0.3 is 5.73 Å². The Kier molecular flexibility index (Phi) is 2.42. The van der Waals surface area contributed by atoms with Gasteiger partial charge in [-0.3, -0.25) is 14.5 Å². The van der Waals surface area contributed by atoms with Crippen LogP contribution in [0.1, 0.15) is 35.7 Å². The van der Waals surface area contributed by atoms with Gasteiger partial charge in [0.25, 0.3) is 5.91 Å². The lowest BCUT2D eigenvalue weighted by Gasteiger charge is -2.30. The van der Waals surface area contributed by atoms with Crippen LogP contribution in [-0.2, 0) is 4.79 Å². The van der Waals surface area contributed by atoms with E-state index in [-0.39, 0.29) is 17.7 Å². The van der Waals surface area contributed by atoms with Gasteiger partial charge in [-0.05, 0) is 31.5 Å². The molecule has 2 amide bonds. The molecule has 1 aromatic carbocycles. The first-order valence-corrected chi connectivity index (χ1v) is 5.31. The number of amides is 2. The van der Waals surface area contributed by atoms with Crippen molar-refractivity contribution in [2.75, 3.05) is 12.3 Å². The number of nitrogen functional groups attached to an aromatic ring is 1. The summed E-state index contributed by atoms with van der Waals surface area (Å²) in [5.74, 6) is -0.647. The monoisotopic (exact) mass is 218 g/mol. The summed E-state index contributed by atoms with van der Waals surface area (Å²) in [6.45, 7) is 4.00. The maximum absolute atomic E-state index is 12.0. The van der Waals surface area contributed by atoms with Crippen LogP contribution in [0.3, 0.4) is 0 Å². The maximum atomic E-state index is 12.0. The molecule has 1 unspecified atom stereocenters. The fourth-order valence-corrected chi connectivity index (χ4v) is 2.05. The Morgan fingerprint density at radius 1 is 1.38 bits per heavy atom. The third-order valence-corrected chi connectivity index (χ3v) is 2.97. The molecule has 1 heterocycles. The van der Waals surface area contributed by atoms with Crippen molar-refractivity contribution in [1.82, 2.24) is 4.90 Å². The summed E-state index contributed by atoms with van der Waals surface area (Å²) in [4.78, 5) is 25.2. The van der Waals surface area contributed by atoms with Crippen molar-refractivity contribution in [3.8, 4) is 0 Å². The van der Waals surface area contributed by atoms with Crippen molar-refractivity contribution < 1.29 is 9.59 Å². The first-order valence-electron chi connectivity index (χ1n) is 5.31. The van der Waals surface area contributed by atoms with E-state index in [2.05, 4.69) is 0 Å². The highest BCUT2D eigenvalue weighted by Crippen LogP contribution is 2.30. The van der Waals surface area contributed by atoms with Gasteiger partial charge >= 0.3 is 0 Å². The predicted molar refractivity (Wildman–Crippen MR) is 61.0 cm³/mol. The Hall–Kier alpha value is -1.84. The lowest BCUT2D eigenvalue weighted by Crippen LogP contribution is -2.43. The lowest BCUT2D eigenvalue weighted by atomic mass is 9.89. The highest BCUT2D eigenvalue weighted by molar-refractivity contribution is 6.11. The summed E-state index contributed by atoms with van der Waals surface area (Å²) in [6, 6.07) is 5.12. The molecule has 0 aromatic heterocycles. The minimum atomic E-state index is -0.270. The Balaban J connectivity index is 2.59. The number of anilines is 1. The molecule has 4 heteroatoms. The minimum Gasteiger partial charge on any atom is -0.399 e. The summed E-state index contributed by atoms with van der Waals surface area (Å²) < 4.78 is 0. The van der Waals surface area contributed by atoms with Crippen LogP contribution >= 0.6 is 0 Å². The van der Waals surface area contributed by atoms with Crippen LogP contribution in [0.25, 0.3) is 0 Å². The van der Waals surface area contributed by atoms with Crippen LogP contribution in [-0.4, -0.2) is 23.3 Å². The molecule has 1 aromatic rings. The summed E-state index contributed by atoms with van der Waals surface area (Å²) in [7, 11) is 0. The quantitative estimate of drug-likeness (QED) is 0.572. The second-order valence-corrected chi connectivity index (χ2v) is 3.96. The van der Waals surface area contributed by atoms with E-state index in [1.54, 1.807) is 25.1 Å². The van der Waals surface area contributed by atoms with Crippen LogP contribution < -0.4 is 5.73 Å². The van der Waals surface area contributed by atoms with E-state index in [9.17, 15) is 9.59 Å². The second kappa shape index (κ2) is 3.63. The average Bonchev–Trinajstić information content (AvgIpc) is 2.27. The van der Waals surface area contributed by atoms with Crippen LogP contribution in [0.15, 0.2) is 18.2 Å². The molecular formula is C12H14N2O2. The van der Waals surface area contributed by atoms with Crippen molar-refractivity contribution >= 4 is 17.5 Å². The lowest BCUT2D eigenvalue weighted by molar-refractivity contribution is -0.130. The van der Waals surface area contributed by atoms with Gasteiger partial charge in [0.1, 0.15) is 0 Å². The SMILES string of the molecule is CCN1C(=O)c2cc(N)ccc2C(C)C1=O. The summed E-state index contributed by atoms with van der Waals surface area (Å²) in [6.07, 6.45) is 0. The van der Waals surface area contributed by atoms with Crippen molar-refractivity contribution in [2.24, 2.45) is 0 Å². The van der Waals surface area contributed by atoms with Gasteiger partial charge in [-0.25, -0.2) is 0 Å². The fourth-order valence-electron chi connectivity index (χ4n) is 2.05. The number of carbonyl (C=O) groups is 2. The average molecular weight is 218 g/mol. The van der Waals surface area contributed by atoms with Gasteiger partial charge in [0, 0.05) is 17.8 Å². The van der Waals surface area contributed by atoms with Gasteiger partial charge in [0.2, 0.25) is 5.91 Å².